The molecule has 0 radical (unpaired) electrons. The molecule has 150 valence electrons. The van der Waals surface area contributed by atoms with E-state index >= 15 is 0 Å². The van der Waals surface area contributed by atoms with E-state index in [2.05, 4.69) is 0 Å². The third kappa shape index (κ3) is 3.96. The molecule has 0 bridgehead atoms. The summed E-state index contributed by atoms with van der Waals surface area (Å²) in [5.74, 6) is 0.314. The van der Waals surface area contributed by atoms with Crippen LogP contribution in [0.4, 0.5) is 10.5 Å². The van der Waals surface area contributed by atoms with Crippen molar-refractivity contribution >= 4 is 22.7 Å². The van der Waals surface area contributed by atoms with Crippen LogP contribution in [-0.4, -0.2) is 13.1 Å². The van der Waals surface area contributed by atoms with E-state index in [1.807, 2.05) is 73.7 Å². The minimum absolute atomic E-state index is 0.314. The molecule has 0 atom stereocenters. The third-order valence-electron chi connectivity index (χ3n) is 5.11. The van der Waals surface area contributed by atoms with Gasteiger partial charge >= 0.3 is 11.7 Å². The molecule has 0 saturated heterocycles. The zero-order chi connectivity index (χ0) is 21.1. The molecule has 0 aliphatic heterocycles. The van der Waals surface area contributed by atoms with Gasteiger partial charge in [0.05, 0.1) is 0 Å². The highest BCUT2D eigenvalue weighted by Gasteiger charge is 2.16. The summed E-state index contributed by atoms with van der Waals surface area (Å²) >= 11 is 0. The number of ether oxygens (including phenoxy) is 1. The molecule has 5 heteroatoms. The predicted molar refractivity (Wildman–Crippen MR) is 117 cm³/mol. The summed E-state index contributed by atoms with van der Waals surface area (Å²) in [6, 6.07) is 24.1. The molecule has 0 N–H and O–H groups in total. The zero-order valence-corrected chi connectivity index (χ0v) is 16.8. The van der Waals surface area contributed by atoms with Crippen molar-refractivity contribution in [2.24, 2.45) is 0 Å². The highest BCUT2D eigenvalue weighted by molar-refractivity contribution is 5.89. The van der Waals surface area contributed by atoms with Crippen molar-refractivity contribution in [2.45, 2.75) is 13.3 Å². The molecule has 5 nitrogen and oxygen atoms in total. The summed E-state index contributed by atoms with van der Waals surface area (Å²) in [4.78, 5) is 26.5. The van der Waals surface area contributed by atoms with Crippen molar-refractivity contribution in [1.29, 1.82) is 0 Å². The van der Waals surface area contributed by atoms with E-state index in [4.69, 9.17) is 9.15 Å². The second-order valence-corrected chi connectivity index (χ2v) is 7.08. The number of hydrogen-bond donors (Lipinski definition) is 0. The minimum Gasteiger partial charge on any atom is -0.422 e. The van der Waals surface area contributed by atoms with Crippen molar-refractivity contribution in [1.82, 2.24) is 0 Å². The van der Waals surface area contributed by atoms with E-state index in [1.54, 1.807) is 19.2 Å². The highest BCUT2D eigenvalue weighted by Crippen LogP contribution is 2.26. The Labute approximate surface area is 174 Å². The van der Waals surface area contributed by atoms with E-state index in [0.717, 1.165) is 22.2 Å². The van der Waals surface area contributed by atoms with Crippen LogP contribution in [-0.2, 0) is 6.42 Å². The van der Waals surface area contributed by atoms with Crippen LogP contribution < -0.4 is 15.3 Å². The molecule has 1 aromatic heterocycles. The lowest BCUT2D eigenvalue weighted by Gasteiger charge is -2.17. The Morgan fingerprint density at radius 3 is 2.33 bits per heavy atom. The van der Waals surface area contributed by atoms with Crippen molar-refractivity contribution in [3.05, 3.63) is 106 Å². The summed E-state index contributed by atoms with van der Waals surface area (Å²) in [7, 11) is 1.64. The van der Waals surface area contributed by atoms with Crippen LogP contribution in [0.25, 0.3) is 11.0 Å². The average Bonchev–Trinajstić information content (AvgIpc) is 2.77. The van der Waals surface area contributed by atoms with Crippen molar-refractivity contribution in [3.8, 4) is 5.75 Å². The predicted octanol–water partition coefficient (Wildman–Crippen LogP) is 5.33. The van der Waals surface area contributed by atoms with Gasteiger partial charge in [0.25, 0.3) is 0 Å². The molecule has 0 aliphatic carbocycles. The third-order valence-corrected chi connectivity index (χ3v) is 5.11. The maximum absolute atomic E-state index is 12.6. The molecule has 4 rings (SSSR count). The zero-order valence-electron chi connectivity index (χ0n) is 16.8. The maximum atomic E-state index is 12.6. The van der Waals surface area contributed by atoms with Gasteiger partial charge in [-0.1, -0.05) is 48.5 Å². The fourth-order valence-electron chi connectivity index (χ4n) is 3.37. The molecule has 4 aromatic rings. The van der Waals surface area contributed by atoms with Gasteiger partial charge in [0.2, 0.25) is 0 Å². The number of hydrogen-bond acceptors (Lipinski definition) is 4. The number of aryl methyl sites for hydroxylation is 1. The molecule has 0 saturated carbocycles. The number of benzene rings is 3. The van der Waals surface area contributed by atoms with E-state index in [-0.39, 0.29) is 5.63 Å². The first-order valence-corrected chi connectivity index (χ1v) is 9.64. The number of amides is 1. The Morgan fingerprint density at radius 2 is 1.63 bits per heavy atom. The number of nitrogens with zero attached hydrogens (tertiary/aromatic N) is 1. The van der Waals surface area contributed by atoms with Crippen LogP contribution in [0.2, 0.25) is 0 Å². The summed E-state index contributed by atoms with van der Waals surface area (Å²) in [5.41, 5.74) is 3.26. The molecule has 0 spiro atoms. The first-order valence-electron chi connectivity index (χ1n) is 9.64. The maximum Gasteiger partial charge on any atom is 0.419 e. The Morgan fingerprint density at radius 1 is 0.967 bits per heavy atom. The van der Waals surface area contributed by atoms with Crippen LogP contribution in [0.5, 0.6) is 5.75 Å². The molecule has 30 heavy (non-hydrogen) atoms. The van der Waals surface area contributed by atoms with Gasteiger partial charge in [-0.2, -0.15) is 0 Å². The second kappa shape index (κ2) is 8.25. The first-order chi connectivity index (χ1) is 14.5. The van der Waals surface area contributed by atoms with Gasteiger partial charge in [-0.3, -0.25) is 4.90 Å². The lowest BCUT2D eigenvalue weighted by Crippen LogP contribution is -2.29. The molecule has 0 aliphatic rings. The van der Waals surface area contributed by atoms with Gasteiger partial charge in [0.1, 0.15) is 11.3 Å². The van der Waals surface area contributed by atoms with Crippen LogP contribution in [0.15, 0.2) is 88.1 Å². The molecule has 0 unspecified atom stereocenters. The van der Waals surface area contributed by atoms with Crippen LogP contribution in [0.1, 0.15) is 16.7 Å². The van der Waals surface area contributed by atoms with Crippen LogP contribution >= 0.6 is 0 Å². The number of rotatable bonds is 4. The second-order valence-electron chi connectivity index (χ2n) is 7.08. The van der Waals surface area contributed by atoms with Crippen molar-refractivity contribution in [3.63, 3.8) is 0 Å². The fourth-order valence-corrected chi connectivity index (χ4v) is 3.37. The van der Waals surface area contributed by atoms with E-state index < -0.39 is 6.09 Å². The SMILES string of the molecule is Cc1c(Cc2ccccc2)c(=O)oc2cc(OC(=O)N(C)c3ccccc3)ccc12. The first kappa shape index (κ1) is 19.5. The standard InChI is InChI=1S/C25H21NO4/c1-17-21-14-13-20(29-25(28)26(2)19-11-7-4-8-12-19)16-23(21)30-24(27)22(17)15-18-9-5-3-6-10-18/h3-14,16H,15H2,1-2H3. The van der Waals surface area contributed by atoms with Crippen molar-refractivity contribution < 1.29 is 13.9 Å². The van der Waals surface area contributed by atoms with Gasteiger partial charge in [0.15, 0.2) is 0 Å². The number of fused-ring (bicyclic) bond motifs is 1. The van der Waals surface area contributed by atoms with E-state index in [0.29, 0.717) is 23.3 Å². The minimum atomic E-state index is -0.527. The molecule has 3 aromatic carbocycles. The van der Waals surface area contributed by atoms with Gasteiger partial charge in [0, 0.05) is 36.2 Å². The Kier molecular flexibility index (Phi) is 5.35. The van der Waals surface area contributed by atoms with Gasteiger partial charge in [-0.15, -0.1) is 0 Å². The highest BCUT2D eigenvalue weighted by atomic mass is 16.6. The Balaban J connectivity index is 1.61. The van der Waals surface area contributed by atoms with Crippen LogP contribution in [0, 0.1) is 6.92 Å². The molecular formula is C25H21NO4. The number of carbonyl (C=O) groups is 1. The van der Waals surface area contributed by atoms with Gasteiger partial charge in [-0.05, 0) is 42.3 Å². The summed E-state index contributed by atoms with van der Waals surface area (Å²) in [6.07, 6.45) is -0.0240. The van der Waals surface area contributed by atoms with E-state index in [1.165, 1.54) is 4.90 Å². The molecule has 1 heterocycles. The lowest BCUT2D eigenvalue weighted by molar-refractivity contribution is 0.209. The number of para-hydroxylation sites is 1. The van der Waals surface area contributed by atoms with Crippen LogP contribution in [0.3, 0.4) is 0 Å². The largest absolute Gasteiger partial charge is 0.422 e. The quantitative estimate of drug-likeness (QED) is 0.435. The molecule has 0 fully saturated rings. The smallest absolute Gasteiger partial charge is 0.419 e. The summed E-state index contributed by atoms with van der Waals surface area (Å²) in [5, 5.41) is 0.816. The summed E-state index contributed by atoms with van der Waals surface area (Å²) in [6.45, 7) is 1.91. The topological polar surface area (TPSA) is 59.8 Å². The molecule has 1 amide bonds. The normalized spacial score (nSPS) is 10.7. The number of anilines is 1. The fraction of sp³-hybridized carbons (Fsp3) is 0.120. The lowest BCUT2D eigenvalue weighted by atomic mass is 10.00. The summed E-state index contributed by atoms with van der Waals surface area (Å²) < 4.78 is 11.0. The average molecular weight is 399 g/mol. The Bertz CT molecular complexity index is 1250. The molecular weight excluding hydrogens is 378 g/mol. The van der Waals surface area contributed by atoms with E-state index in [9.17, 15) is 9.59 Å². The Hall–Kier alpha value is -3.86. The van der Waals surface area contributed by atoms with Gasteiger partial charge < -0.3 is 9.15 Å². The number of carbonyl (C=O) groups excluding carboxylic acids is 1. The van der Waals surface area contributed by atoms with Gasteiger partial charge in [-0.25, -0.2) is 9.59 Å². The van der Waals surface area contributed by atoms with Crippen molar-refractivity contribution in [2.75, 3.05) is 11.9 Å². The monoisotopic (exact) mass is 399 g/mol.